The Morgan fingerprint density at radius 1 is 0.920 bits per heavy atom. The summed E-state index contributed by atoms with van der Waals surface area (Å²) in [6, 6.07) is 9.31. The highest BCUT2D eigenvalue weighted by atomic mass is 16.2. The first-order valence-corrected chi connectivity index (χ1v) is 7.96. The van der Waals surface area contributed by atoms with E-state index in [4.69, 9.17) is 0 Å². The predicted molar refractivity (Wildman–Crippen MR) is 94.7 cm³/mol. The van der Waals surface area contributed by atoms with E-state index < -0.39 is 0 Å². The number of anilines is 1. The highest BCUT2D eigenvalue weighted by molar-refractivity contribution is 5.87. The molecule has 2 N–H and O–H groups in total. The van der Waals surface area contributed by atoms with Crippen LogP contribution in [0.25, 0.3) is 11.1 Å². The molecule has 0 bridgehead atoms. The maximum atomic E-state index is 11.9. The number of nitrogens with one attached hydrogen (secondary N) is 2. The molecule has 0 aliphatic rings. The molecule has 0 atom stereocenters. The molecular weight excluding hydrogens is 316 g/mol. The van der Waals surface area contributed by atoms with Crippen LogP contribution < -0.4 is 10.6 Å². The van der Waals surface area contributed by atoms with Gasteiger partial charge < -0.3 is 5.32 Å². The van der Waals surface area contributed by atoms with Gasteiger partial charge in [0.1, 0.15) is 5.82 Å². The Hall–Kier alpha value is -3.35. The standard InChI is InChI=1S/C18H18N6O/c1-2-16-19-9-14(10-20-16)15-11-21-17(22-12-15)24-18(25)23-8-13-6-4-3-5-7-13/h3-7,9-12H,2,8H2,1H3,(H2,21,22,23,24,25). The number of hydrogen-bond acceptors (Lipinski definition) is 5. The summed E-state index contributed by atoms with van der Waals surface area (Å²) < 4.78 is 0. The van der Waals surface area contributed by atoms with Crippen LogP contribution in [0.1, 0.15) is 18.3 Å². The molecule has 0 unspecified atom stereocenters. The van der Waals surface area contributed by atoms with Gasteiger partial charge in [0.2, 0.25) is 5.95 Å². The zero-order valence-electron chi connectivity index (χ0n) is 13.8. The number of benzene rings is 1. The van der Waals surface area contributed by atoms with Crippen molar-refractivity contribution in [3.63, 3.8) is 0 Å². The summed E-state index contributed by atoms with van der Waals surface area (Å²) in [7, 11) is 0. The van der Waals surface area contributed by atoms with E-state index in [1.165, 1.54) is 0 Å². The van der Waals surface area contributed by atoms with Crippen molar-refractivity contribution in [2.75, 3.05) is 5.32 Å². The predicted octanol–water partition coefficient (Wildman–Crippen LogP) is 2.82. The number of amides is 2. The van der Waals surface area contributed by atoms with Gasteiger partial charge in [0.15, 0.2) is 0 Å². The molecule has 0 spiro atoms. The van der Waals surface area contributed by atoms with Gasteiger partial charge in [-0.3, -0.25) is 5.32 Å². The van der Waals surface area contributed by atoms with Crippen molar-refractivity contribution >= 4 is 12.0 Å². The van der Waals surface area contributed by atoms with Crippen LogP contribution in [0.5, 0.6) is 0 Å². The Morgan fingerprint density at radius 3 is 2.12 bits per heavy atom. The quantitative estimate of drug-likeness (QED) is 0.748. The smallest absolute Gasteiger partial charge is 0.321 e. The summed E-state index contributed by atoms with van der Waals surface area (Å²) in [5.74, 6) is 1.03. The minimum atomic E-state index is -0.354. The van der Waals surface area contributed by atoms with Gasteiger partial charge in [-0.1, -0.05) is 37.3 Å². The van der Waals surface area contributed by atoms with Gasteiger partial charge in [0.25, 0.3) is 0 Å². The second-order valence-electron chi connectivity index (χ2n) is 5.33. The number of urea groups is 1. The molecular formula is C18H18N6O. The van der Waals surface area contributed by atoms with Crippen LogP contribution in [0, 0.1) is 0 Å². The third-order valence-electron chi connectivity index (χ3n) is 3.53. The monoisotopic (exact) mass is 334 g/mol. The van der Waals surface area contributed by atoms with Crippen molar-refractivity contribution in [2.45, 2.75) is 19.9 Å². The molecule has 2 amide bonds. The summed E-state index contributed by atoms with van der Waals surface area (Å²) in [5.41, 5.74) is 2.64. The highest BCUT2D eigenvalue weighted by Gasteiger charge is 2.06. The Bertz CT molecular complexity index is 818. The van der Waals surface area contributed by atoms with Crippen LogP contribution in [0.15, 0.2) is 55.1 Å². The van der Waals surface area contributed by atoms with Gasteiger partial charge >= 0.3 is 6.03 Å². The largest absolute Gasteiger partial charge is 0.334 e. The van der Waals surface area contributed by atoms with Crippen LogP contribution in [-0.4, -0.2) is 26.0 Å². The number of carbonyl (C=O) groups excluding carboxylic acids is 1. The lowest BCUT2D eigenvalue weighted by Crippen LogP contribution is -2.28. The third-order valence-corrected chi connectivity index (χ3v) is 3.53. The first kappa shape index (κ1) is 16.5. The van der Waals surface area contributed by atoms with Crippen molar-refractivity contribution in [3.8, 4) is 11.1 Å². The zero-order valence-corrected chi connectivity index (χ0v) is 13.8. The summed E-state index contributed by atoms with van der Waals surface area (Å²) in [6.45, 7) is 2.44. The fourth-order valence-electron chi connectivity index (χ4n) is 2.15. The van der Waals surface area contributed by atoms with Gasteiger partial charge in [-0.15, -0.1) is 0 Å². The van der Waals surface area contributed by atoms with Crippen molar-refractivity contribution in [1.82, 2.24) is 25.3 Å². The molecule has 0 saturated heterocycles. The van der Waals surface area contributed by atoms with Crippen molar-refractivity contribution in [2.24, 2.45) is 0 Å². The fraction of sp³-hybridized carbons (Fsp3) is 0.167. The van der Waals surface area contributed by atoms with E-state index in [-0.39, 0.29) is 12.0 Å². The van der Waals surface area contributed by atoms with Crippen LogP contribution in [-0.2, 0) is 13.0 Å². The molecule has 3 rings (SSSR count). The van der Waals surface area contributed by atoms with Gasteiger partial charge in [-0.25, -0.2) is 24.7 Å². The number of aryl methyl sites for hydroxylation is 1. The molecule has 3 aromatic rings. The second-order valence-corrected chi connectivity index (χ2v) is 5.33. The van der Waals surface area contributed by atoms with E-state index in [1.54, 1.807) is 24.8 Å². The van der Waals surface area contributed by atoms with Crippen LogP contribution in [0.3, 0.4) is 0 Å². The summed E-state index contributed by atoms with van der Waals surface area (Å²) in [6.07, 6.45) is 7.53. The molecule has 0 saturated carbocycles. The van der Waals surface area contributed by atoms with Gasteiger partial charge in [0.05, 0.1) is 0 Å². The molecule has 2 heterocycles. The van der Waals surface area contributed by atoms with Crippen LogP contribution in [0.2, 0.25) is 0 Å². The van der Waals surface area contributed by atoms with Gasteiger partial charge in [0, 0.05) is 48.9 Å². The number of rotatable bonds is 5. The Balaban J connectivity index is 1.57. The van der Waals surface area contributed by atoms with Crippen LogP contribution in [0.4, 0.5) is 10.7 Å². The number of hydrogen-bond donors (Lipinski definition) is 2. The minimum Gasteiger partial charge on any atom is -0.334 e. The first-order valence-electron chi connectivity index (χ1n) is 7.96. The minimum absolute atomic E-state index is 0.236. The zero-order chi connectivity index (χ0) is 17.5. The molecule has 0 radical (unpaired) electrons. The average Bonchev–Trinajstić information content (AvgIpc) is 2.68. The van der Waals surface area contributed by atoms with E-state index in [9.17, 15) is 4.79 Å². The molecule has 0 aliphatic heterocycles. The van der Waals surface area contributed by atoms with Crippen molar-refractivity contribution in [1.29, 1.82) is 0 Å². The SMILES string of the molecule is CCc1ncc(-c2cnc(NC(=O)NCc3ccccc3)nc2)cn1. The molecule has 126 valence electrons. The lowest BCUT2D eigenvalue weighted by atomic mass is 10.2. The summed E-state index contributed by atoms with van der Waals surface area (Å²) >= 11 is 0. The number of carbonyl (C=O) groups is 1. The topological polar surface area (TPSA) is 92.7 Å². The van der Waals surface area contributed by atoms with Gasteiger partial charge in [-0.2, -0.15) is 0 Å². The highest BCUT2D eigenvalue weighted by Crippen LogP contribution is 2.16. The maximum absolute atomic E-state index is 11.9. The lowest BCUT2D eigenvalue weighted by molar-refractivity contribution is 0.251. The van der Waals surface area contributed by atoms with Crippen LogP contribution >= 0.6 is 0 Å². The molecule has 25 heavy (non-hydrogen) atoms. The first-order chi connectivity index (χ1) is 12.2. The van der Waals surface area contributed by atoms with Crippen molar-refractivity contribution < 1.29 is 4.79 Å². The normalized spacial score (nSPS) is 10.3. The molecule has 7 nitrogen and oxygen atoms in total. The summed E-state index contributed by atoms with van der Waals surface area (Å²) in [4.78, 5) is 28.7. The molecule has 7 heteroatoms. The van der Waals surface area contributed by atoms with E-state index >= 15 is 0 Å². The number of nitrogens with zero attached hydrogens (tertiary/aromatic N) is 4. The Morgan fingerprint density at radius 2 is 1.52 bits per heavy atom. The molecule has 1 aromatic carbocycles. The second kappa shape index (κ2) is 7.96. The van der Waals surface area contributed by atoms with Gasteiger partial charge in [-0.05, 0) is 5.56 Å². The van der Waals surface area contributed by atoms with Crippen molar-refractivity contribution in [3.05, 3.63) is 66.5 Å². The average molecular weight is 334 g/mol. The molecule has 0 aliphatic carbocycles. The maximum Gasteiger partial charge on any atom is 0.321 e. The third kappa shape index (κ3) is 4.57. The van der Waals surface area contributed by atoms with E-state index in [0.29, 0.717) is 6.54 Å². The van der Waals surface area contributed by atoms with E-state index in [2.05, 4.69) is 30.6 Å². The Kier molecular flexibility index (Phi) is 5.26. The van der Waals surface area contributed by atoms with E-state index in [1.807, 2.05) is 37.3 Å². The molecule has 2 aromatic heterocycles. The summed E-state index contributed by atoms with van der Waals surface area (Å²) in [5, 5.41) is 5.36. The number of aromatic nitrogens is 4. The fourth-order valence-corrected chi connectivity index (χ4v) is 2.15. The van der Waals surface area contributed by atoms with E-state index in [0.717, 1.165) is 28.9 Å². The molecule has 0 fully saturated rings. The Labute approximate surface area is 145 Å². The lowest BCUT2D eigenvalue weighted by Gasteiger charge is -2.07.